The van der Waals surface area contributed by atoms with Crippen LogP contribution < -0.4 is 10.3 Å². The third-order valence-electron chi connectivity index (χ3n) is 3.35. The van der Waals surface area contributed by atoms with Crippen LogP contribution in [-0.2, 0) is 5.41 Å². The number of ether oxygens (including phenoxy) is 1. The Morgan fingerprint density at radius 1 is 1.32 bits per heavy atom. The van der Waals surface area contributed by atoms with Gasteiger partial charge in [-0.15, -0.1) is 0 Å². The van der Waals surface area contributed by atoms with Crippen molar-refractivity contribution in [1.82, 2.24) is 14.9 Å². The monoisotopic (exact) mass is 360 g/mol. The molecule has 0 bridgehead atoms. The SMILES string of the molecule is CC(C)COc1ccc(/C=N\n2c(=S)[nH]nc(C(C)(C)C)c2=O)cc1. The van der Waals surface area contributed by atoms with Crippen molar-refractivity contribution in [2.24, 2.45) is 11.0 Å². The van der Waals surface area contributed by atoms with Crippen molar-refractivity contribution in [2.45, 2.75) is 40.0 Å². The van der Waals surface area contributed by atoms with Crippen molar-refractivity contribution in [3.05, 3.63) is 50.6 Å². The average molecular weight is 360 g/mol. The molecule has 2 aromatic rings. The lowest BCUT2D eigenvalue weighted by Crippen LogP contribution is -2.32. The molecule has 0 atom stereocenters. The van der Waals surface area contributed by atoms with Crippen molar-refractivity contribution < 1.29 is 4.74 Å². The number of hydrogen-bond donors (Lipinski definition) is 1. The van der Waals surface area contributed by atoms with Gasteiger partial charge in [-0.2, -0.15) is 14.9 Å². The van der Waals surface area contributed by atoms with Crippen molar-refractivity contribution in [3.8, 4) is 5.75 Å². The predicted octanol–water partition coefficient (Wildman–Crippen LogP) is 3.52. The summed E-state index contributed by atoms with van der Waals surface area (Å²) in [7, 11) is 0. The van der Waals surface area contributed by atoms with Crippen molar-refractivity contribution in [3.63, 3.8) is 0 Å². The Morgan fingerprint density at radius 3 is 2.52 bits per heavy atom. The van der Waals surface area contributed by atoms with Gasteiger partial charge in [-0.05, 0) is 48.0 Å². The van der Waals surface area contributed by atoms with Crippen LogP contribution in [0.1, 0.15) is 45.9 Å². The summed E-state index contributed by atoms with van der Waals surface area (Å²) in [5.74, 6) is 1.28. The highest BCUT2D eigenvalue weighted by Crippen LogP contribution is 2.15. The van der Waals surface area contributed by atoms with Gasteiger partial charge in [-0.1, -0.05) is 34.6 Å². The van der Waals surface area contributed by atoms with Crippen LogP contribution in [0.25, 0.3) is 0 Å². The number of aromatic nitrogens is 3. The molecule has 0 aliphatic carbocycles. The number of H-pyrrole nitrogens is 1. The fourth-order valence-corrected chi connectivity index (χ4v) is 2.20. The van der Waals surface area contributed by atoms with Crippen LogP contribution in [0.3, 0.4) is 0 Å². The van der Waals surface area contributed by atoms with Crippen LogP contribution in [0.4, 0.5) is 0 Å². The summed E-state index contributed by atoms with van der Waals surface area (Å²) in [6.07, 6.45) is 1.59. The third kappa shape index (κ3) is 5.09. The molecule has 0 aliphatic heterocycles. The maximum absolute atomic E-state index is 12.5. The van der Waals surface area contributed by atoms with Gasteiger partial charge in [0.05, 0.1) is 12.8 Å². The molecule has 0 fully saturated rings. The Bertz CT molecular complexity index is 858. The summed E-state index contributed by atoms with van der Waals surface area (Å²) in [5, 5.41) is 11.0. The molecule has 0 unspecified atom stereocenters. The lowest BCUT2D eigenvalue weighted by Gasteiger charge is -2.16. The minimum Gasteiger partial charge on any atom is -0.493 e. The summed E-state index contributed by atoms with van der Waals surface area (Å²) >= 11 is 5.13. The summed E-state index contributed by atoms with van der Waals surface area (Å²) in [6.45, 7) is 10.6. The Hall–Kier alpha value is -2.28. The van der Waals surface area contributed by atoms with E-state index in [9.17, 15) is 4.79 Å². The van der Waals surface area contributed by atoms with E-state index in [1.807, 2.05) is 45.0 Å². The van der Waals surface area contributed by atoms with E-state index in [0.29, 0.717) is 18.2 Å². The Kier molecular flexibility index (Phi) is 5.89. The quantitative estimate of drug-likeness (QED) is 0.654. The van der Waals surface area contributed by atoms with E-state index in [-0.39, 0.29) is 10.3 Å². The number of benzene rings is 1. The maximum Gasteiger partial charge on any atom is 0.297 e. The second kappa shape index (κ2) is 7.74. The first-order chi connectivity index (χ1) is 11.7. The highest BCUT2D eigenvalue weighted by molar-refractivity contribution is 7.71. The van der Waals surface area contributed by atoms with E-state index in [2.05, 4.69) is 29.1 Å². The number of aromatic amines is 1. The first-order valence-corrected chi connectivity index (χ1v) is 8.58. The first-order valence-electron chi connectivity index (χ1n) is 8.18. The topological polar surface area (TPSA) is 72.3 Å². The van der Waals surface area contributed by atoms with E-state index in [0.717, 1.165) is 16.0 Å². The normalized spacial score (nSPS) is 12.1. The standard InChI is InChI=1S/C18H24N4O2S/c1-12(2)11-24-14-8-6-13(7-9-14)10-19-22-16(23)15(18(3,4)5)20-21-17(22)25/h6-10,12H,11H2,1-5H3,(H,21,25)/b19-10-. The van der Waals surface area contributed by atoms with Gasteiger partial charge in [0.1, 0.15) is 11.4 Å². The second-order valence-electron chi connectivity index (χ2n) is 7.26. The van der Waals surface area contributed by atoms with Gasteiger partial charge in [-0.25, -0.2) is 0 Å². The molecule has 25 heavy (non-hydrogen) atoms. The fraction of sp³-hybridized carbons (Fsp3) is 0.444. The van der Waals surface area contributed by atoms with Crippen LogP contribution in [0.15, 0.2) is 34.2 Å². The Labute approximate surface area is 152 Å². The summed E-state index contributed by atoms with van der Waals surface area (Å²) < 4.78 is 6.96. The zero-order chi connectivity index (χ0) is 18.6. The van der Waals surface area contributed by atoms with Gasteiger partial charge in [-0.3, -0.25) is 9.89 Å². The van der Waals surface area contributed by atoms with E-state index in [4.69, 9.17) is 17.0 Å². The van der Waals surface area contributed by atoms with Gasteiger partial charge >= 0.3 is 0 Å². The lowest BCUT2D eigenvalue weighted by atomic mass is 9.93. The molecule has 0 spiro atoms. The van der Waals surface area contributed by atoms with Gasteiger partial charge in [0.2, 0.25) is 4.77 Å². The number of nitrogens with zero attached hydrogens (tertiary/aromatic N) is 3. The van der Waals surface area contributed by atoms with Crippen LogP contribution in [0.5, 0.6) is 5.75 Å². The van der Waals surface area contributed by atoms with Gasteiger partial charge in [0.25, 0.3) is 5.56 Å². The maximum atomic E-state index is 12.5. The van der Waals surface area contributed by atoms with E-state index in [1.54, 1.807) is 6.21 Å². The molecule has 0 amide bonds. The van der Waals surface area contributed by atoms with Crippen LogP contribution in [0, 0.1) is 10.7 Å². The fourth-order valence-electron chi connectivity index (χ4n) is 2.02. The molecule has 1 heterocycles. The third-order valence-corrected chi connectivity index (χ3v) is 3.61. The largest absolute Gasteiger partial charge is 0.493 e. The molecule has 1 N–H and O–H groups in total. The molecule has 6 nitrogen and oxygen atoms in total. The Balaban J connectivity index is 2.25. The zero-order valence-corrected chi connectivity index (χ0v) is 16.1. The Morgan fingerprint density at radius 2 is 1.96 bits per heavy atom. The molecule has 2 rings (SSSR count). The molecule has 1 aromatic heterocycles. The highest BCUT2D eigenvalue weighted by Gasteiger charge is 2.21. The summed E-state index contributed by atoms with van der Waals surface area (Å²) in [5.41, 5.74) is 0.510. The van der Waals surface area contributed by atoms with Crippen LogP contribution in [-0.4, -0.2) is 27.7 Å². The highest BCUT2D eigenvalue weighted by atomic mass is 32.1. The molecular weight excluding hydrogens is 336 g/mol. The van der Waals surface area contributed by atoms with E-state index >= 15 is 0 Å². The first kappa shape index (κ1) is 19.1. The molecule has 0 aliphatic rings. The van der Waals surface area contributed by atoms with Crippen molar-refractivity contribution in [2.75, 3.05) is 6.61 Å². The van der Waals surface area contributed by atoms with Crippen LogP contribution >= 0.6 is 12.2 Å². The molecule has 0 radical (unpaired) electrons. The number of nitrogens with one attached hydrogen (secondary N) is 1. The minimum atomic E-state index is -0.400. The van der Waals surface area contributed by atoms with E-state index in [1.165, 1.54) is 0 Å². The summed E-state index contributed by atoms with van der Waals surface area (Å²) in [4.78, 5) is 12.5. The van der Waals surface area contributed by atoms with Crippen LogP contribution in [0.2, 0.25) is 0 Å². The number of rotatable bonds is 5. The number of hydrogen-bond acceptors (Lipinski definition) is 5. The summed E-state index contributed by atoms with van der Waals surface area (Å²) in [6, 6.07) is 7.51. The van der Waals surface area contributed by atoms with Gasteiger partial charge in [0.15, 0.2) is 0 Å². The molecule has 1 aromatic carbocycles. The smallest absolute Gasteiger partial charge is 0.297 e. The molecule has 134 valence electrons. The van der Waals surface area contributed by atoms with Gasteiger partial charge < -0.3 is 4.74 Å². The molecular formula is C18H24N4O2S. The predicted molar refractivity (Wildman–Crippen MR) is 102 cm³/mol. The molecule has 0 saturated carbocycles. The van der Waals surface area contributed by atoms with Crippen molar-refractivity contribution >= 4 is 18.4 Å². The average Bonchev–Trinajstić information content (AvgIpc) is 2.52. The molecule has 0 saturated heterocycles. The minimum absolute atomic E-state index is 0.158. The van der Waals surface area contributed by atoms with E-state index < -0.39 is 5.41 Å². The lowest BCUT2D eigenvalue weighted by molar-refractivity contribution is 0.271. The molecule has 7 heteroatoms. The van der Waals surface area contributed by atoms with Crippen molar-refractivity contribution in [1.29, 1.82) is 0 Å². The van der Waals surface area contributed by atoms with Gasteiger partial charge in [0, 0.05) is 5.41 Å². The zero-order valence-electron chi connectivity index (χ0n) is 15.2. The second-order valence-corrected chi connectivity index (χ2v) is 7.65.